The summed E-state index contributed by atoms with van der Waals surface area (Å²) in [5.41, 5.74) is 2.85. The van der Waals surface area contributed by atoms with Crippen LogP contribution in [0.15, 0.2) is 35.7 Å². The molecule has 1 N–H and O–H groups in total. The summed E-state index contributed by atoms with van der Waals surface area (Å²) in [6.07, 6.45) is 2.20. The van der Waals surface area contributed by atoms with Gasteiger partial charge in [-0.25, -0.2) is 0 Å². The first kappa shape index (κ1) is 14.1. The van der Waals surface area contributed by atoms with Crippen molar-refractivity contribution in [2.45, 2.75) is 38.8 Å². The second-order valence-corrected chi connectivity index (χ2v) is 7.34. The van der Waals surface area contributed by atoms with Crippen LogP contribution in [0, 0.1) is 5.92 Å². The number of nitrogens with one attached hydrogen (secondary N) is 1. The quantitative estimate of drug-likeness (QED) is 0.851. The fourth-order valence-electron chi connectivity index (χ4n) is 3.03. The topological polar surface area (TPSA) is 12.0 Å². The van der Waals surface area contributed by atoms with Crippen molar-refractivity contribution in [3.8, 4) is 0 Å². The average molecular weight is 306 g/mol. The van der Waals surface area contributed by atoms with Crippen molar-refractivity contribution in [2.24, 2.45) is 5.92 Å². The Morgan fingerprint density at radius 2 is 2.00 bits per heavy atom. The molecule has 106 valence electrons. The first-order chi connectivity index (χ1) is 9.63. The molecular formula is C17H20ClNS. The monoisotopic (exact) mass is 305 g/mol. The molecule has 20 heavy (non-hydrogen) atoms. The van der Waals surface area contributed by atoms with E-state index in [4.69, 9.17) is 11.6 Å². The number of benzene rings is 1. The number of hydrogen-bond donors (Lipinski definition) is 1. The summed E-state index contributed by atoms with van der Waals surface area (Å²) in [5, 5.41) is 6.86. The molecule has 0 radical (unpaired) electrons. The third-order valence-corrected chi connectivity index (χ3v) is 5.22. The van der Waals surface area contributed by atoms with E-state index in [1.807, 2.05) is 17.4 Å². The lowest BCUT2D eigenvalue weighted by Gasteiger charge is -2.25. The summed E-state index contributed by atoms with van der Waals surface area (Å²) >= 11 is 7.94. The van der Waals surface area contributed by atoms with Gasteiger partial charge in [0, 0.05) is 22.0 Å². The van der Waals surface area contributed by atoms with Crippen molar-refractivity contribution in [2.75, 3.05) is 0 Å². The predicted molar refractivity (Wildman–Crippen MR) is 87.7 cm³/mol. The minimum atomic E-state index is 0.449. The maximum atomic E-state index is 6.09. The van der Waals surface area contributed by atoms with E-state index in [9.17, 15) is 0 Å². The van der Waals surface area contributed by atoms with Crippen molar-refractivity contribution in [3.05, 3.63) is 56.7 Å². The van der Waals surface area contributed by atoms with Crippen LogP contribution in [-0.2, 0) is 12.8 Å². The molecule has 1 aliphatic carbocycles. The highest BCUT2D eigenvalue weighted by Crippen LogP contribution is 2.30. The number of fused-ring (bicyclic) bond motifs is 1. The molecule has 2 unspecified atom stereocenters. The van der Waals surface area contributed by atoms with Gasteiger partial charge in [0.1, 0.15) is 0 Å². The van der Waals surface area contributed by atoms with Gasteiger partial charge in [-0.1, -0.05) is 37.6 Å². The Kier molecular flexibility index (Phi) is 4.16. The Bertz CT molecular complexity index is 577. The van der Waals surface area contributed by atoms with E-state index in [0.29, 0.717) is 18.0 Å². The normalized spacial score (nSPS) is 19.3. The smallest absolute Gasteiger partial charge is 0.0440 e. The summed E-state index contributed by atoms with van der Waals surface area (Å²) in [6.45, 7) is 4.58. The second kappa shape index (κ2) is 5.88. The van der Waals surface area contributed by atoms with Gasteiger partial charge in [-0.15, -0.1) is 11.3 Å². The molecular weight excluding hydrogens is 286 g/mol. The minimum Gasteiger partial charge on any atom is -0.306 e. The van der Waals surface area contributed by atoms with Gasteiger partial charge in [0.15, 0.2) is 0 Å². The first-order valence-corrected chi connectivity index (χ1v) is 8.46. The molecule has 1 aliphatic rings. The highest BCUT2D eigenvalue weighted by Gasteiger charge is 2.26. The van der Waals surface area contributed by atoms with Crippen molar-refractivity contribution in [1.29, 1.82) is 0 Å². The largest absolute Gasteiger partial charge is 0.306 e. The fourth-order valence-corrected chi connectivity index (χ4v) is 4.18. The van der Waals surface area contributed by atoms with E-state index in [2.05, 4.69) is 48.8 Å². The Morgan fingerprint density at radius 1 is 1.20 bits per heavy atom. The number of thiophene rings is 1. The summed E-state index contributed by atoms with van der Waals surface area (Å²) in [6, 6.07) is 11.6. The second-order valence-electron chi connectivity index (χ2n) is 5.92. The van der Waals surface area contributed by atoms with Gasteiger partial charge in [0.2, 0.25) is 0 Å². The van der Waals surface area contributed by atoms with E-state index in [-0.39, 0.29) is 0 Å². The zero-order chi connectivity index (χ0) is 14.1. The van der Waals surface area contributed by atoms with E-state index >= 15 is 0 Å². The van der Waals surface area contributed by atoms with Crippen LogP contribution in [0.25, 0.3) is 0 Å². The molecule has 2 aromatic rings. The Morgan fingerprint density at radius 3 is 2.70 bits per heavy atom. The molecule has 0 bridgehead atoms. The van der Waals surface area contributed by atoms with Gasteiger partial charge in [-0.3, -0.25) is 0 Å². The third-order valence-electron chi connectivity index (χ3n) is 4.03. The third kappa shape index (κ3) is 2.93. The molecule has 0 amide bonds. The van der Waals surface area contributed by atoms with Crippen molar-refractivity contribution < 1.29 is 0 Å². The van der Waals surface area contributed by atoms with E-state index in [1.165, 1.54) is 16.0 Å². The molecule has 1 nitrogen and oxygen atoms in total. The van der Waals surface area contributed by atoms with Gasteiger partial charge in [0.25, 0.3) is 0 Å². The van der Waals surface area contributed by atoms with Crippen molar-refractivity contribution in [3.63, 3.8) is 0 Å². The zero-order valence-corrected chi connectivity index (χ0v) is 13.5. The average Bonchev–Trinajstić information content (AvgIpc) is 3.03. The number of halogens is 1. The molecule has 0 fully saturated rings. The molecule has 1 heterocycles. The summed E-state index contributed by atoms with van der Waals surface area (Å²) in [7, 11) is 0. The van der Waals surface area contributed by atoms with Gasteiger partial charge in [0.05, 0.1) is 0 Å². The molecule has 0 saturated heterocycles. The van der Waals surface area contributed by atoms with Crippen molar-refractivity contribution in [1.82, 2.24) is 5.32 Å². The number of hydrogen-bond acceptors (Lipinski definition) is 2. The zero-order valence-electron chi connectivity index (χ0n) is 11.9. The summed E-state index contributed by atoms with van der Waals surface area (Å²) in [4.78, 5) is 1.44. The Balaban J connectivity index is 1.73. The standard InChI is InChI=1S/C17H20ClNS/c1-11(2)17(16-4-3-7-20-16)19-15-9-12-5-6-14(18)8-13(12)10-15/h3-8,11,15,17,19H,9-10H2,1-2H3. The molecule has 3 heteroatoms. The highest BCUT2D eigenvalue weighted by molar-refractivity contribution is 7.10. The van der Waals surface area contributed by atoms with Crippen molar-refractivity contribution >= 4 is 22.9 Å². The van der Waals surface area contributed by atoms with Crippen LogP contribution in [0.3, 0.4) is 0 Å². The lowest BCUT2D eigenvalue weighted by molar-refractivity contribution is 0.368. The van der Waals surface area contributed by atoms with E-state index < -0.39 is 0 Å². The fraction of sp³-hybridized carbons (Fsp3) is 0.412. The van der Waals surface area contributed by atoms with Crippen LogP contribution in [0.1, 0.15) is 35.9 Å². The van der Waals surface area contributed by atoms with E-state index in [1.54, 1.807) is 0 Å². The van der Waals surface area contributed by atoms with Gasteiger partial charge >= 0.3 is 0 Å². The van der Waals surface area contributed by atoms with Gasteiger partial charge in [-0.05, 0) is 53.5 Å². The van der Waals surface area contributed by atoms with Crippen LogP contribution >= 0.6 is 22.9 Å². The molecule has 0 spiro atoms. The summed E-state index contributed by atoms with van der Waals surface area (Å²) < 4.78 is 0. The lowest BCUT2D eigenvalue weighted by Crippen LogP contribution is -2.35. The highest BCUT2D eigenvalue weighted by atomic mass is 35.5. The van der Waals surface area contributed by atoms with Crippen LogP contribution in [0.4, 0.5) is 0 Å². The molecule has 0 saturated carbocycles. The van der Waals surface area contributed by atoms with Crippen LogP contribution in [0.5, 0.6) is 0 Å². The van der Waals surface area contributed by atoms with Gasteiger partial charge in [-0.2, -0.15) is 0 Å². The molecule has 1 aromatic carbocycles. The Labute approximate surface area is 130 Å². The summed E-state index contributed by atoms with van der Waals surface area (Å²) in [5.74, 6) is 0.598. The number of rotatable bonds is 4. The van der Waals surface area contributed by atoms with Crippen LogP contribution < -0.4 is 5.32 Å². The van der Waals surface area contributed by atoms with Crippen LogP contribution in [0.2, 0.25) is 5.02 Å². The first-order valence-electron chi connectivity index (χ1n) is 7.20. The minimum absolute atomic E-state index is 0.449. The molecule has 1 aromatic heterocycles. The molecule has 2 atom stereocenters. The van der Waals surface area contributed by atoms with Gasteiger partial charge < -0.3 is 5.32 Å². The SMILES string of the molecule is CC(C)C(NC1Cc2ccc(Cl)cc2C1)c1cccs1. The maximum absolute atomic E-state index is 6.09. The molecule has 3 rings (SSSR count). The maximum Gasteiger partial charge on any atom is 0.0440 e. The van der Waals surface area contributed by atoms with Crippen LogP contribution in [-0.4, -0.2) is 6.04 Å². The predicted octanol–water partition coefficient (Wildman–Crippen LogP) is 4.86. The molecule has 0 aliphatic heterocycles. The Hall–Kier alpha value is -0.830. The van der Waals surface area contributed by atoms with E-state index in [0.717, 1.165) is 17.9 Å². The lowest BCUT2D eigenvalue weighted by atomic mass is 10.0.